The lowest BCUT2D eigenvalue weighted by molar-refractivity contribution is -0.115. The second-order valence-corrected chi connectivity index (χ2v) is 9.27. The third-order valence-electron chi connectivity index (χ3n) is 3.75. The first-order valence-corrected chi connectivity index (χ1v) is 11.0. The minimum atomic E-state index is -3.58. The number of amides is 1. The molecule has 2 aromatic carbocycles. The summed E-state index contributed by atoms with van der Waals surface area (Å²) in [5.41, 5.74) is 1.57. The van der Waals surface area contributed by atoms with E-state index in [2.05, 4.69) is 4.99 Å². The monoisotopic (exact) mass is 408 g/mol. The average molecular weight is 409 g/mol. The van der Waals surface area contributed by atoms with Crippen molar-refractivity contribution in [3.05, 3.63) is 63.9 Å². The number of halogens is 1. The Morgan fingerprint density at radius 2 is 1.92 bits per heavy atom. The van der Waals surface area contributed by atoms with Crippen LogP contribution in [0.4, 0.5) is 0 Å². The van der Waals surface area contributed by atoms with Gasteiger partial charge in [-0.3, -0.25) is 4.79 Å². The van der Waals surface area contributed by atoms with E-state index in [1.807, 2.05) is 29.7 Å². The van der Waals surface area contributed by atoms with Crippen LogP contribution in [0.5, 0.6) is 0 Å². The predicted octanol–water partition coefficient (Wildman–Crippen LogP) is 3.42. The van der Waals surface area contributed by atoms with E-state index >= 15 is 0 Å². The molecule has 5 nitrogen and oxygen atoms in total. The zero-order valence-electron chi connectivity index (χ0n) is 14.1. The van der Waals surface area contributed by atoms with Crippen LogP contribution in [0.25, 0.3) is 10.2 Å². The van der Waals surface area contributed by atoms with Crippen molar-refractivity contribution < 1.29 is 13.2 Å². The van der Waals surface area contributed by atoms with Crippen LogP contribution in [-0.2, 0) is 26.9 Å². The third kappa shape index (κ3) is 4.41. The normalized spacial score (nSPS) is 12.6. The molecule has 3 rings (SSSR count). The Hall–Kier alpha value is -1.96. The maximum atomic E-state index is 12.3. The molecule has 26 heavy (non-hydrogen) atoms. The van der Waals surface area contributed by atoms with E-state index in [0.29, 0.717) is 21.9 Å². The molecule has 0 aliphatic heterocycles. The summed E-state index contributed by atoms with van der Waals surface area (Å²) < 4.78 is 27.3. The van der Waals surface area contributed by atoms with E-state index in [9.17, 15) is 13.2 Å². The molecular weight excluding hydrogens is 392 g/mol. The summed E-state index contributed by atoms with van der Waals surface area (Å²) in [6.45, 7) is 2.56. The van der Waals surface area contributed by atoms with E-state index in [0.717, 1.165) is 10.2 Å². The molecule has 0 radical (unpaired) electrons. The van der Waals surface area contributed by atoms with Crippen LogP contribution in [0.3, 0.4) is 0 Å². The topological polar surface area (TPSA) is 68.5 Å². The second-order valence-electron chi connectivity index (χ2n) is 5.76. The third-order valence-corrected chi connectivity index (χ3v) is 6.49. The van der Waals surface area contributed by atoms with E-state index in [1.54, 1.807) is 30.3 Å². The van der Waals surface area contributed by atoms with Crippen molar-refractivity contribution in [1.82, 2.24) is 4.57 Å². The quantitative estimate of drug-likeness (QED) is 0.649. The van der Waals surface area contributed by atoms with Crippen LogP contribution in [0.1, 0.15) is 12.5 Å². The number of carbonyl (C=O) groups is 1. The Bertz CT molecular complexity index is 1120. The number of carbonyl (C=O) groups excluding carboxylic acids is 1. The molecule has 0 spiro atoms. The van der Waals surface area contributed by atoms with Gasteiger partial charge < -0.3 is 4.57 Å². The fraction of sp³-hybridized carbons (Fsp3) is 0.222. The number of hydrogen-bond acceptors (Lipinski definition) is 4. The van der Waals surface area contributed by atoms with E-state index in [4.69, 9.17) is 11.6 Å². The van der Waals surface area contributed by atoms with E-state index in [1.165, 1.54) is 11.3 Å². The molecule has 1 aromatic heterocycles. The highest BCUT2D eigenvalue weighted by atomic mass is 35.5. The SMILES string of the molecule is CCn1c(=NC(=O)CS(=O)(=O)Cc2ccccc2)sc2cc(Cl)ccc21. The van der Waals surface area contributed by atoms with Crippen molar-refractivity contribution in [2.24, 2.45) is 4.99 Å². The molecule has 3 aromatic rings. The van der Waals surface area contributed by atoms with Gasteiger partial charge in [0.1, 0.15) is 5.75 Å². The number of nitrogens with zero attached hydrogens (tertiary/aromatic N) is 2. The standard InChI is InChI=1S/C18H17ClN2O3S2/c1-2-21-15-9-8-14(19)10-16(15)25-18(21)20-17(22)12-26(23,24)11-13-6-4-3-5-7-13/h3-10H,2,11-12H2,1H3. The maximum absolute atomic E-state index is 12.3. The highest BCUT2D eigenvalue weighted by molar-refractivity contribution is 7.91. The number of fused-ring (bicyclic) bond motifs is 1. The van der Waals surface area contributed by atoms with Crippen molar-refractivity contribution in [3.63, 3.8) is 0 Å². The molecule has 0 unspecified atom stereocenters. The minimum Gasteiger partial charge on any atom is -0.317 e. The van der Waals surface area contributed by atoms with Gasteiger partial charge >= 0.3 is 0 Å². The van der Waals surface area contributed by atoms with E-state index < -0.39 is 21.5 Å². The fourth-order valence-corrected chi connectivity index (χ4v) is 5.27. The maximum Gasteiger partial charge on any atom is 0.263 e. The Morgan fingerprint density at radius 1 is 1.19 bits per heavy atom. The number of hydrogen-bond donors (Lipinski definition) is 0. The molecule has 0 bridgehead atoms. The van der Waals surface area contributed by atoms with Crippen molar-refractivity contribution in [3.8, 4) is 0 Å². The molecule has 8 heteroatoms. The molecule has 0 saturated heterocycles. The molecule has 0 atom stereocenters. The molecule has 0 fully saturated rings. The predicted molar refractivity (Wildman–Crippen MR) is 105 cm³/mol. The number of aromatic nitrogens is 1. The highest BCUT2D eigenvalue weighted by Gasteiger charge is 2.17. The Labute approximate surface area is 160 Å². The summed E-state index contributed by atoms with van der Waals surface area (Å²) in [5.74, 6) is -1.45. The van der Waals surface area contributed by atoms with Crippen molar-refractivity contribution >= 4 is 48.9 Å². The molecular formula is C18H17ClN2O3S2. The van der Waals surface area contributed by atoms with Gasteiger partial charge in [-0.1, -0.05) is 53.3 Å². The first-order valence-electron chi connectivity index (χ1n) is 7.99. The van der Waals surface area contributed by atoms with Gasteiger partial charge in [-0.2, -0.15) is 4.99 Å². The van der Waals surface area contributed by atoms with Crippen LogP contribution in [0.15, 0.2) is 53.5 Å². The van der Waals surface area contributed by atoms with Crippen molar-refractivity contribution in [2.75, 3.05) is 5.75 Å². The zero-order valence-corrected chi connectivity index (χ0v) is 16.4. The fourth-order valence-electron chi connectivity index (χ4n) is 2.64. The largest absolute Gasteiger partial charge is 0.317 e. The lowest BCUT2D eigenvalue weighted by Crippen LogP contribution is -2.21. The molecule has 0 N–H and O–H groups in total. The Morgan fingerprint density at radius 3 is 2.62 bits per heavy atom. The van der Waals surface area contributed by atoms with Gasteiger partial charge in [-0.25, -0.2) is 8.42 Å². The minimum absolute atomic E-state index is 0.176. The number of benzene rings is 2. The smallest absolute Gasteiger partial charge is 0.263 e. The van der Waals surface area contributed by atoms with Crippen LogP contribution < -0.4 is 4.80 Å². The summed E-state index contributed by atoms with van der Waals surface area (Å²) in [5, 5.41) is 0.602. The zero-order chi connectivity index (χ0) is 18.7. The average Bonchev–Trinajstić information content (AvgIpc) is 2.90. The number of sulfone groups is 1. The van der Waals surface area contributed by atoms with Gasteiger partial charge in [0, 0.05) is 11.6 Å². The lowest BCUT2D eigenvalue weighted by atomic mass is 10.2. The van der Waals surface area contributed by atoms with Crippen LogP contribution in [-0.4, -0.2) is 24.6 Å². The Balaban J connectivity index is 1.88. The van der Waals surface area contributed by atoms with Crippen molar-refractivity contribution in [2.45, 2.75) is 19.2 Å². The van der Waals surface area contributed by atoms with Gasteiger partial charge in [0.25, 0.3) is 5.91 Å². The number of thiazole rings is 1. The van der Waals surface area contributed by atoms with E-state index in [-0.39, 0.29) is 5.75 Å². The summed E-state index contributed by atoms with van der Waals surface area (Å²) in [7, 11) is -3.58. The van der Waals surface area contributed by atoms with Gasteiger partial charge in [0.2, 0.25) is 0 Å². The van der Waals surface area contributed by atoms with Gasteiger partial charge in [0.05, 0.1) is 16.0 Å². The first-order chi connectivity index (χ1) is 12.4. The van der Waals surface area contributed by atoms with Crippen LogP contribution in [0.2, 0.25) is 5.02 Å². The molecule has 1 heterocycles. The second kappa shape index (κ2) is 7.73. The van der Waals surface area contributed by atoms with Crippen LogP contribution >= 0.6 is 22.9 Å². The molecule has 1 amide bonds. The van der Waals surface area contributed by atoms with Crippen LogP contribution in [0, 0.1) is 0 Å². The highest BCUT2D eigenvalue weighted by Crippen LogP contribution is 2.21. The molecule has 136 valence electrons. The molecule has 0 aliphatic rings. The summed E-state index contributed by atoms with van der Waals surface area (Å²) in [4.78, 5) is 16.8. The molecule has 0 saturated carbocycles. The number of rotatable bonds is 5. The first kappa shape index (κ1) is 18.8. The Kier molecular flexibility index (Phi) is 5.60. The molecule has 0 aliphatic carbocycles. The lowest BCUT2D eigenvalue weighted by Gasteiger charge is -2.02. The van der Waals surface area contributed by atoms with Gasteiger partial charge in [-0.15, -0.1) is 0 Å². The number of aryl methyl sites for hydroxylation is 1. The van der Waals surface area contributed by atoms with Gasteiger partial charge in [0.15, 0.2) is 14.6 Å². The summed E-state index contributed by atoms with van der Waals surface area (Å²) in [6.07, 6.45) is 0. The summed E-state index contributed by atoms with van der Waals surface area (Å²) in [6, 6.07) is 14.2. The van der Waals surface area contributed by atoms with Crippen molar-refractivity contribution in [1.29, 1.82) is 0 Å². The van der Waals surface area contributed by atoms with Gasteiger partial charge in [-0.05, 0) is 30.7 Å². The summed E-state index contributed by atoms with van der Waals surface area (Å²) >= 11 is 7.33.